The van der Waals surface area contributed by atoms with E-state index in [0.29, 0.717) is 32.4 Å². The Hall–Kier alpha value is -3.26. The maximum absolute atomic E-state index is 13.2. The Labute approximate surface area is 183 Å². The van der Waals surface area contributed by atoms with Gasteiger partial charge in [0.1, 0.15) is 10.6 Å². The average molecular weight is 434 g/mol. The minimum absolute atomic E-state index is 0.143. The molecule has 7 nitrogen and oxygen atoms in total. The number of hydrogen-bond acceptors (Lipinski definition) is 5. The second kappa shape index (κ2) is 7.77. The number of nitrogens with one attached hydrogen (secondary N) is 1. The van der Waals surface area contributed by atoms with Crippen LogP contribution in [-0.2, 0) is 7.05 Å². The zero-order valence-electron chi connectivity index (χ0n) is 17.5. The fraction of sp³-hybridized carbons (Fsp3) is 0.304. The molecular weight excluding hydrogens is 410 g/mol. The highest BCUT2D eigenvalue weighted by molar-refractivity contribution is 7.20. The first-order chi connectivity index (χ1) is 15.0. The molecule has 1 N–H and O–H groups in total. The van der Waals surface area contributed by atoms with E-state index in [1.54, 1.807) is 18.7 Å². The number of carbonyl (C=O) groups is 1. The van der Waals surface area contributed by atoms with Crippen molar-refractivity contribution in [3.8, 4) is 5.69 Å². The van der Waals surface area contributed by atoms with Crippen LogP contribution in [-0.4, -0.2) is 25.2 Å². The van der Waals surface area contributed by atoms with Gasteiger partial charge in [0.05, 0.1) is 28.0 Å². The average Bonchev–Trinajstić information content (AvgIpc) is 3.50. The predicted octanol–water partition coefficient (Wildman–Crippen LogP) is 4.40. The molecule has 0 atom stereocenters. The molecule has 1 fully saturated rings. The van der Waals surface area contributed by atoms with E-state index >= 15 is 0 Å². The second-order valence-corrected chi connectivity index (χ2v) is 9.03. The fourth-order valence-corrected chi connectivity index (χ4v) is 5.31. The number of aromatic nitrogens is 4. The van der Waals surface area contributed by atoms with Crippen molar-refractivity contribution in [1.82, 2.24) is 19.3 Å². The highest BCUT2D eigenvalue weighted by atomic mass is 32.1. The van der Waals surface area contributed by atoms with Crippen LogP contribution >= 0.6 is 11.3 Å². The van der Waals surface area contributed by atoms with Crippen molar-refractivity contribution in [2.75, 3.05) is 5.32 Å². The molecule has 3 aromatic heterocycles. The molecule has 8 heteroatoms. The third-order valence-corrected chi connectivity index (χ3v) is 7.16. The summed E-state index contributed by atoms with van der Waals surface area (Å²) in [5, 5.41) is 8.38. The van der Waals surface area contributed by atoms with E-state index in [2.05, 4.69) is 10.3 Å². The molecule has 4 aromatic rings. The summed E-state index contributed by atoms with van der Waals surface area (Å²) in [6.45, 7) is 1.80. The normalized spacial score (nSPS) is 14.4. The van der Waals surface area contributed by atoms with Gasteiger partial charge in [-0.3, -0.25) is 9.59 Å². The first-order valence-electron chi connectivity index (χ1n) is 10.4. The maximum Gasteiger partial charge on any atom is 0.267 e. The van der Waals surface area contributed by atoms with Gasteiger partial charge in [-0.05, 0) is 37.5 Å². The molecule has 0 unspecified atom stereocenters. The number of para-hydroxylation sites is 1. The van der Waals surface area contributed by atoms with E-state index in [4.69, 9.17) is 5.10 Å². The lowest BCUT2D eigenvalue weighted by molar-refractivity contribution is 0.102. The molecule has 1 aliphatic carbocycles. The summed E-state index contributed by atoms with van der Waals surface area (Å²) < 4.78 is 3.23. The van der Waals surface area contributed by atoms with Crippen LogP contribution < -0.4 is 10.9 Å². The highest BCUT2D eigenvalue weighted by Gasteiger charge is 2.24. The smallest absolute Gasteiger partial charge is 0.267 e. The topological polar surface area (TPSA) is 81.8 Å². The van der Waals surface area contributed by atoms with Crippen molar-refractivity contribution < 1.29 is 4.79 Å². The number of nitrogens with zero attached hydrogens (tertiary/aromatic N) is 4. The second-order valence-electron chi connectivity index (χ2n) is 8.03. The Balaban J connectivity index is 1.54. The van der Waals surface area contributed by atoms with E-state index in [0.717, 1.165) is 24.2 Å². The summed E-state index contributed by atoms with van der Waals surface area (Å²) in [6, 6.07) is 11.8. The lowest BCUT2D eigenvalue weighted by atomic mass is 10.0. The summed E-state index contributed by atoms with van der Waals surface area (Å²) in [4.78, 5) is 31.1. The van der Waals surface area contributed by atoms with E-state index in [-0.39, 0.29) is 11.5 Å². The van der Waals surface area contributed by atoms with Gasteiger partial charge in [0, 0.05) is 19.0 Å². The van der Waals surface area contributed by atoms with Crippen LogP contribution in [0.25, 0.3) is 15.9 Å². The van der Waals surface area contributed by atoms with E-state index in [9.17, 15) is 9.59 Å². The standard InChI is InChI=1S/C23H23N5O2S/c1-14-19-22(24-13-27(2)23(19)30)31-20(14)21(29)25-18-12-17(15-8-6-7-9-15)26-28(18)16-10-4-3-5-11-16/h3-5,10-13,15H,6-9H2,1-2H3,(H,25,29). The maximum atomic E-state index is 13.2. The number of aryl methyl sites for hydroxylation is 2. The van der Waals surface area contributed by atoms with Gasteiger partial charge in [0.2, 0.25) is 0 Å². The number of thiophene rings is 1. The van der Waals surface area contributed by atoms with Crippen molar-refractivity contribution >= 4 is 33.3 Å². The van der Waals surface area contributed by atoms with Crippen LogP contribution in [0.15, 0.2) is 47.5 Å². The number of anilines is 1. The molecule has 0 saturated heterocycles. The summed E-state index contributed by atoms with van der Waals surface area (Å²) in [7, 11) is 1.66. The van der Waals surface area contributed by atoms with Gasteiger partial charge in [-0.2, -0.15) is 5.10 Å². The van der Waals surface area contributed by atoms with Crippen molar-refractivity contribution in [2.24, 2.45) is 7.05 Å². The fourth-order valence-electron chi connectivity index (χ4n) is 4.27. The highest BCUT2D eigenvalue weighted by Crippen LogP contribution is 2.35. The van der Waals surface area contributed by atoms with Crippen LogP contribution in [0.3, 0.4) is 0 Å². The molecule has 31 heavy (non-hydrogen) atoms. The lowest BCUT2D eigenvalue weighted by Crippen LogP contribution is -2.17. The third kappa shape index (κ3) is 3.46. The number of hydrogen-bond donors (Lipinski definition) is 1. The van der Waals surface area contributed by atoms with E-state index in [1.807, 2.05) is 36.4 Å². The van der Waals surface area contributed by atoms with Crippen LogP contribution in [0.2, 0.25) is 0 Å². The van der Waals surface area contributed by atoms with Gasteiger partial charge in [-0.15, -0.1) is 11.3 Å². The number of rotatable bonds is 4. The van der Waals surface area contributed by atoms with Crippen molar-refractivity contribution in [1.29, 1.82) is 0 Å². The quantitative estimate of drug-likeness (QED) is 0.517. The Morgan fingerprint density at radius 2 is 1.94 bits per heavy atom. The van der Waals surface area contributed by atoms with Crippen molar-refractivity contribution in [2.45, 2.75) is 38.5 Å². The Kier molecular flexibility index (Phi) is 4.94. The van der Waals surface area contributed by atoms with Gasteiger partial charge >= 0.3 is 0 Å². The first kappa shape index (κ1) is 19.7. The van der Waals surface area contributed by atoms with Gasteiger partial charge in [-0.1, -0.05) is 31.0 Å². The summed E-state index contributed by atoms with van der Waals surface area (Å²) in [6.07, 6.45) is 6.18. The Morgan fingerprint density at radius 3 is 2.68 bits per heavy atom. The van der Waals surface area contributed by atoms with Crippen molar-refractivity contribution in [3.05, 3.63) is 69.2 Å². The largest absolute Gasteiger partial charge is 0.306 e. The minimum Gasteiger partial charge on any atom is -0.306 e. The molecule has 158 valence electrons. The Morgan fingerprint density at radius 1 is 1.19 bits per heavy atom. The van der Waals surface area contributed by atoms with Gasteiger partial charge < -0.3 is 9.88 Å². The number of fused-ring (bicyclic) bond motifs is 1. The summed E-state index contributed by atoms with van der Waals surface area (Å²) in [5.41, 5.74) is 2.43. The van der Waals surface area contributed by atoms with Gasteiger partial charge in [0.25, 0.3) is 11.5 Å². The first-order valence-corrected chi connectivity index (χ1v) is 11.3. The molecule has 5 rings (SSSR count). The van der Waals surface area contributed by atoms with Crippen LogP contribution in [0.4, 0.5) is 5.82 Å². The molecule has 0 bridgehead atoms. The minimum atomic E-state index is -0.252. The third-order valence-electron chi connectivity index (χ3n) is 5.96. The van der Waals surface area contributed by atoms with Crippen LogP contribution in [0, 0.1) is 6.92 Å². The number of amides is 1. The monoisotopic (exact) mass is 433 g/mol. The lowest BCUT2D eigenvalue weighted by Gasteiger charge is -2.08. The van der Waals surface area contributed by atoms with E-state index < -0.39 is 0 Å². The summed E-state index contributed by atoms with van der Waals surface area (Å²) >= 11 is 1.24. The van der Waals surface area contributed by atoms with Crippen molar-refractivity contribution in [3.63, 3.8) is 0 Å². The summed E-state index contributed by atoms with van der Waals surface area (Å²) in [5.74, 6) is 0.812. The molecule has 3 heterocycles. The van der Waals surface area contributed by atoms with Gasteiger partial charge in [-0.25, -0.2) is 9.67 Å². The van der Waals surface area contributed by atoms with Crippen LogP contribution in [0.5, 0.6) is 0 Å². The zero-order valence-corrected chi connectivity index (χ0v) is 18.3. The molecule has 0 radical (unpaired) electrons. The molecule has 1 aromatic carbocycles. The number of carbonyl (C=O) groups excluding carboxylic acids is 1. The predicted molar refractivity (Wildman–Crippen MR) is 122 cm³/mol. The molecule has 0 aliphatic heterocycles. The van der Waals surface area contributed by atoms with Crippen LogP contribution in [0.1, 0.15) is 52.5 Å². The molecule has 1 aliphatic rings. The Bertz CT molecular complexity index is 1330. The number of benzene rings is 1. The van der Waals surface area contributed by atoms with Gasteiger partial charge in [0.15, 0.2) is 0 Å². The zero-order chi connectivity index (χ0) is 21.5. The van der Waals surface area contributed by atoms with E-state index in [1.165, 1.54) is 35.1 Å². The molecule has 1 saturated carbocycles. The SMILES string of the molecule is Cc1c(C(=O)Nc2cc(C3CCCC3)nn2-c2ccccc2)sc2ncn(C)c(=O)c12. The molecule has 0 spiro atoms. The molecule has 1 amide bonds. The molecular formula is C23H23N5O2S.